The van der Waals surface area contributed by atoms with Crippen LogP contribution in [0.25, 0.3) is 0 Å². The van der Waals surface area contributed by atoms with Crippen LogP contribution in [0, 0.1) is 35.5 Å². The second-order valence-corrected chi connectivity index (χ2v) is 38.3. The molecule has 0 aromatic heterocycles. The van der Waals surface area contributed by atoms with Crippen LogP contribution in [0.15, 0.2) is 0 Å². The van der Waals surface area contributed by atoms with Gasteiger partial charge in [-0.3, -0.25) is 0 Å². The van der Waals surface area contributed by atoms with Crippen molar-refractivity contribution in [3.8, 4) is 0 Å². The van der Waals surface area contributed by atoms with E-state index in [-0.39, 0.29) is 0 Å². The molecule has 0 spiro atoms. The van der Waals surface area contributed by atoms with Gasteiger partial charge in [-0.25, -0.2) is 0 Å². The number of hydrogen-bond acceptors (Lipinski definition) is 0. The second-order valence-electron chi connectivity index (χ2n) is 12.1. The van der Waals surface area contributed by atoms with E-state index in [1.54, 1.807) is 0 Å². The van der Waals surface area contributed by atoms with E-state index in [1.165, 1.54) is 37.0 Å². The van der Waals surface area contributed by atoms with Crippen LogP contribution >= 0.6 is 32.5 Å². The Morgan fingerprint density at radius 1 is 0.414 bits per heavy atom. The van der Waals surface area contributed by atoms with E-state index in [1.807, 2.05) is 0 Å². The van der Waals surface area contributed by atoms with Crippen molar-refractivity contribution in [3.63, 3.8) is 0 Å². The van der Waals surface area contributed by atoms with Gasteiger partial charge in [-0.2, -0.15) is 0 Å². The molecule has 0 saturated carbocycles. The summed E-state index contributed by atoms with van der Waals surface area (Å²) in [7, 11) is 14.3. The van der Waals surface area contributed by atoms with Gasteiger partial charge in [0.25, 0.3) is 0 Å². The fourth-order valence-electron chi connectivity index (χ4n) is 5.58. The molecule has 0 nitrogen and oxygen atoms in total. The first-order valence-corrected chi connectivity index (χ1v) is 22.6. The maximum atomic E-state index is 8.03. The van der Waals surface area contributed by atoms with Gasteiger partial charge in [0.1, 0.15) is 0 Å². The first-order valence-electron chi connectivity index (χ1n) is 12.1. The number of halogens is 2. The summed E-state index contributed by atoms with van der Waals surface area (Å²) in [6.07, 6.45) is 7.91. The summed E-state index contributed by atoms with van der Waals surface area (Å²) in [4.78, 5) is 0. The van der Waals surface area contributed by atoms with Crippen molar-refractivity contribution in [1.29, 1.82) is 0 Å². The zero-order valence-electron chi connectivity index (χ0n) is 21.8. The van der Waals surface area contributed by atoms with Gasteiger partial charge in [-0.05, 0) is 0 Å². The number of rotatable bonds is 14. The van der Waals surface area contributed by atoms with Gasteiger partial charge in [-0.15, -0.1) is 0 Å². The molecule has 29 heavy (non-hydrogen) atoms. The standard InChI is InChI=1S/2C12H27P.2ClH.Ni/c2*1-10(2)7-13(8-11(3)4)9-12(5)6;;;/h2*10-12H,7-9H2,1-6H3;2*1H;. The van der Waals surface area contributed by atoms with Crippen molar-refractivity contribution in [2.75, 3.05) is 37.0 Å². The van der Waals surface area contributed by atoms with Crippen molar-refractivity contribution < 1.29 is 9.74 Å². The van der Waals surface area contributed by atoms with Crippen molar-refractivity contribution in [2.24, 2.45) is 35.5 Å². The van der Waals surface area contributed by atoms with E-state index in [2.05, 4.69) is 83.1 Å². The molecule has 0 heterocycles. The number of hydrogen-bond donors (Lipinski definition) is 0. The van der Waals surface area contributed by atoms with Crippen molar-refractivity contribution in [2.45, 2.75) is 83.1 Å². The molecule has 0 saturated heterocycles. The summed E-state index contributed by atoms with van der Waals surface area (Å²) in [5.74, 6) is 4.14. The summed E-state index contributed by atoms with van der Waals surface area (Å²) < 4.78 is 0. The predicted molar refractivity (Wildman–Crippen MR) is 147 cm³/mol. The molecule has 0 aliphatic heterocycles. The van der Waals surface area contributed by atoms with E-state index in [9.17, 15) is 0 Å². The Morgan fingerprint density at radius 2 is 0.552 bits per heavy atom. The molecule has 0 radical (unpaired) electrons. The molecule has 0 bridgehead atoms. The topological polar surface area (TPSA) is 0 Å². The molecule has 0 N–H and O–H groups in total. The molecule has 0 fully saturated rings. The van der Waals surface area contributed by atoms with Crippen LogP contribution in [-0.2, 0) is 9.74 Å². The minimum absolute atomic E-state index is 0.690. The molecular formula is C24H56Cl2NiP2. The van der Waals surface area contributed by atoms with Gasteiger partial charge in [0, 0.05) is 0 Å². The summed E-state index contributed by atoms with van der Waals surface area (Å²) in [6, 6.07) is -3.72. The molecule has 0 rings (SSSR count). The van der Waals surface area contributed by atoms with E-state index in [4.69, 9.17) is 20.4 Å². The molecule has 0 aromatic rings. The summed E-state index contributed by atoms with van der Waals surface area (Å²) >= 11 is 0. The third-order valence-electron chi connectivity index (χ3n) is 5.41. The molecule has 0 aliphatic carbocycles. The molecule has 186 valence electrons. The zero-order valence-corrected chi connectivity index (χ0v) is 26.3. The van der Waals surface area contributed by atoms with Crippen molar-refractivity contribution in [1.82, 2.24) is 0 Å². The molecule has 0 aromatic carbocycles. The fourth-order valence-corrected chi connectivity index (χ4v) is 52.7. The van der Waals surface area contributed by atoms with E-state index in [0.29, 0.717) is 35.5 Å². The van der Waals surface area contributed by atoms with Crippen LogP contribution in [0.3, 0.4) is 0 Å². The fraction of sp³-hybridized carbons (Fsp3) is 1.00. The average molecular weight is 536 g/mol. The van der Waals surface area contributed by atoms with Crippen LogP contribution < -0.4 is 0 Å². The Morgan fingerprint density at radius 3 is 0.655 bits per heavy atom. The maximum absolute atomic E-state index is 8.03. The SMILES string of the molecule is CC(C)C[PH](CC(C)C)(CC(C)C)[Ni]([Cl])([Cl])[PH](CC(C)C)(CC(C)C)CC(C)C. The molecule has 0 unspecified atom stereocenters. The van der Waals surface area contributed by atoms with E-state index in [0.717, 1.165) is 0 Å². The van der Waals surface area contributed by atoms with Crippen LogP contribution in [-0.4, -0.2) is 37.0 Å². The summed E-state index contributed by atoms with van der Waals surface area (Å²) in [5.41, 5.74) is 0. The van der Waals surface area contributed by atoms with Gasteiger partial charge >= 0.3 is 198 Å². The average Bonchev–Trinajstić information content (AvgIpc) is 2.41. The summed E-state index contributed by atoms with van der Waals surface area (Å²) in [6.45, 7) is 28.9. The van der Waals surface area contributed by atoms with Crippen molar-refractivity contribution >= 4 is 32.5 Å². The molecular weight excluding hydrogens is 480 g/mol. The third-order valence-corrected chi connectivity index (χ3v) is 48.6. The monoisotopic (exact) mass is 534 g/mol. The minimum atomic E-state index is -1.86. The van der Waals surface area contributed by atoms with Crippen molar-refractivity contribution in [3.05, 3.63) is 0 Å². The third kappa shape index (κ3) is 9.37. The van der Waals surface area contributed by atoms with Crippen LogP contribution in [0.2, 0.25) is 0 Å². The van der Waals surface area contributed by atoms with E-state index < -0.39 is 21.8 Å². The van der Waals surface area contributed by atoms with Gasteiger partial charge in [0.05, 0.1) is 0 Å². The predicted octanol–water partition coefficient (Wildman–Crippen LogP) is 9.71. The Kier molecular flexibility index (Phi) is 13.8. The van der Waals surface area contributed by atoms with Gasteiger partial charge in [0.15, 0.2) is 0 Å². The van der Waals surface area contributed by atoms with Crippen LogP contribution in [0.4, 0.5) is 0 Å². The van der Waals surface area contributed by atoms with Gasteiger partial charge < -0.3 is 0 Å². The van der Waals surface area contributed by atoms with Gasteiger partial charge in [0.2, 0.25) is 0 Å². The first-order chi connectivity index (χ1) is 13.0. The molecule has 5 heteroatoms. The molecule has 0 aliphatic rings. The Hall–Kier alpha value is 1.93. The Labute approximate surface area is 197 Å². The molecule has 0 atom stereocenters. The van der Waals surface area contributed by atoms with E-state index >= 15 is 0 Å². The van der Waals surface area contributed by atoms with Crippen LogP contribution in [0.1, 0.15) is 83.1 Å². The Bertz CT molecular complexity index is 367. The first kappa shape index (κ1) is 30.9. The van der Waals surface area contributed by atoms with Gasteiger partial charge in [-0.1, -0.05) is 0 Å². The molecule has 0 amide bonds. The van der Waals surface area contributed by atoms with Crippen LogP contribution in [0.5, 0.6) is 0 Å². The quantitative estimate of drug-likeness (QED) is 0.153. The zero-order chi connectivity index (χ0) is 23.2. The Balaban J connectivity index is 6.84. The second kappa shape index (κ2) is 13.0. The normalized spacial score (nSPS) is 16.1. The summed E-state index contributed by atoms with van der Waals surface area (Å²) in [5, 5.41) is 0.